The van der Waals surface area contributed by atoms with Crippen LogP contribution in [-0.4, -0.2) is 65.3 Å². The zero-order valence-corrected chi connectivity index (χ0v) is 30.1. The van der Waals surface area contributed by atoms with Gasteiger partial charge in [-0.25, -0.2) is 4.79 Å². The second-order valence-electron chi connectivity index (χ2n) is 14.1. The fourth-order valence-corrected chi connectivity index (χ4v) is 5.43. The lowest BCUT2D eigenvalue weighted by molar-refractivity contribution is -0.142. The number of nitrogens with one attached hydrogen (secondary N) is 4. The van der Waals surface area contributed by atoms with Crippen molar-refractivity contribution in [1.82, 2.24) is 21.3 Å². The number of hydrogen-bond acceptors (Lipinski definition) is 6. The fourth-order valence-electron chi connectivity index (χ4n) is 5.43. The number of carbonyl (C=O) groups is 5. The first-order chi connectivity index (χ1) is 23.3. The van der Waals surface area contributed by atoms with E-state index in [1.165, 1.54) is 0 Å². The molecule has 270 valence electrons. The molecule has 0 radical (unpaired) electrons. The number of carbonyl (C=O) groups excluding carboxylic acids is 4. The average Bonchev–Trinajstić information content (AvgIpc) is 3.05. The summed E-state index contributed by atoms with van der Waals surface area (Å²) in [4.78, 5) is 63.5. The molecular weight excluding hydrogens is 620 g/mol. The second-order valence-corrected chi connectivity index (χ2v) is 14.1. The third-order valence-electron chi connectivity index (χ3n) is 8.30. The highest BCUT2D eigenvalue weighted by Gasteiger charge is 2.29. The van der Waals surface area contributed by atoms with Gasteiger partial charge in [0.1, 0.15) is 17.9 Å². The molecule has 0 saturated heterocycles. The number of aliphatic carboxylic acids is 1. The zero-order valence-electron chi connectivity index (χ0n) is 30.1. The maximum Gasteiger partial charge on any atom is 0.326 e. The van der Waals surface area contributed by atoms with Crippen molar-refractivity contribution in [2.75, 3.05) is 6.54 Å². The van der Waals surface area contributed by atoms with Gasteiger partial charge >= 0.3 is 5.97 Å². The molecule has 3 atom stereocenters. The third kappa shape index (κ3) is 17.3. The van der Waals surface area contributed by atoms with Gasteiger partial charge in [-0.1, -0.05) is 108 Å². The molecule has 2 aromatic carbocycles. The highest BCUT2D eigenvalue weighted by atomic mass is 16.4. The molecule has 2 aromatic rings. The van der Waals surface area contributed by atoms with Crippen molar-refractivity contribution in [3.8, 4) is 0 Å². The second kappa shape index (κ2) is 21.8. The van der Waals surface area contributed by atoms with Crippen LogP contribution in [0, 0.1) is 5.41 Å². The fraction of sp³-hybridized carbons (Fsp3) is 0.564. The van der Waals surface area contributed by atoms with Gasteiger partial charge < -0.3 is 26.4 Å². The molecule has 10 heteroatoms. The van der Waals surface area contributed by atoms with Crippen LogP contribution in [0.1, 0.15) is 104 Å². The minimum absolute atomic E-state index is 0.0171. The van der Waals surface area contributed by atoms with Gasteiger partial charge in [0.25, 0.3) is 0 Å². The molecule has 49 heavy (non-hydrogen) atoms. The topological polar surface area (TPSA) is 154 Å². The molecular formula is C39H58N4O6. The monoisotopic (exact) mass is 678 g/mol. The standard InChI is InChI=1S/C39H58N4O6/c1-28(2)41-32(26-29-18-10-8-11-19-29)36(46)43-33(27-30-20-12-9-13-21-30)37(47)42-31(38(48)49)22-16-17-25-40-35(45)24-15-7-6-14-23-34(44)39(3,4)5/h8-13,18-21,28,31-33,41H,6-7,14-17,22-27H2,1-5H3,(H,40,45)(H,42,47)(H,43,46)(H,48,49). The Morgan fingerprint density at radius 1 is 0.653 bits per heavy atom. The van der Waals surface area contributed by atoms with E-state index in [-0.39, 0.29) is 41.9 Å². The summed E-state index contributed by atoms with van der Waals surface area (Å²) >= 11 is 0. The number of carboxylic acids is 1. The molecule has 3 unspecified atom stereocenters. The van der Waals surface area contributed by atoms with Gasteiger partial charge in [-0.3, -0.25) is 19.2 Å². The number of amides is 3. The molecule has 0 aliphatic carbocycles. The summed E-state index contributed by atoms with van der Waals surface area (Å²) in [5.74, 6) is -1.85. The Bertz CT molecular complexity index is 1310. The van der Waals surface area contributed by atoms with Crippen molar-refractivity contribution in [1.29, 1.82) is 0 Å². The van der Waals surface area contributed by atoms with Gasteiger partial charge in [-0.05, 0) is 49.7 Å². The SMILES string of the molecule is CC(C)NC(Cc1ccccc1)C(=O)NC(Cc1ccccc1)C(=O)NC(CCCCNC(=O)CCCCCCC(=O)C(C)(C)C)C(=O)O. The molecule has 0 heterocycles. The van der Waals surface area contributed by atoms with Crippen molar-refractivity contribution in [2.24, 2.45) is 5.41 Å². The number of Topliss-reactive ketones (excluding diaryl/α,β-unsaturated/α-hetero) is 1. The Kier molecular flexibility index (Phi) is 18.3. The van der Waals surface area contributed by atoms with Crippen LogP contribution >= 0.6 is 0 Å². The zero-order chi connectivity index (χ0) is 36.2. The summed E-state index contributed by atoms with van der Waals surface area (Å²) in [6.45, 7) is 10.1. The average molecular weight is 679 g/mol. The highest BCUT2D eigenvalue weighted by molar-refractivity contribution is 5.92. The van der Waals surface area contributed by atoms with Gasteiger partial charge in [0.05, 0.1) is 6.04 Å². The molecule has 5 N–H and O–H groups in total. The Morgan fingerprint density at radius 2 is 1.16 bits per heavy atom. The lowest BCUT2D eigenvalue weighted by atomic mass is 9.88. The van der Waals surface area contributed by atoms with Crippen LogP contribution in [0.4, 0.5) is 0 Å². The number of benzene rings is 2. The van der Waals surface area contributed by atoms with E-state index >= 15 is 0 Å². The summed E-state index contributed by atoms with van der Waals surface area (Å²) in [7, 11) is 0. The number of ketones is 1. The Balaban J connectivity index is 1.87. The summed E-state index contributed by atoms with van der Waals surface area (Å²) in [5.41, 5.74) is 1.50. The third-order valence-corrected chi connectivity index (χ3v) is 8.30. The predicted molar refractivity (Wildman–Crippen MR) is 193 cm³/mol. The molecule has 0 saturated carbocycles. The summed E-state index contributed by atoms with van der Waals surface area (Å²) in [6.07, 6.45) is 6.22. The smallest absolute Gasteiger partial charge is 0.326 e. The molecule has 0 bridgehead atoms. The lowest BCUT2D eigenvalue weighted by Crippen LogP contribution is -2.57. The molecule has 0 fully saturated rings. The van der Waals surface area contributed by atoms with Gasteiger partial charge in [0.15, 0.2) is 0 Å². The van der Waals surface area contributed by atoms with E-state index in [0.29, 0.717) is 38.6 Å². The number of carboxylic acid groups (broad SMARTS) is 1. The Morgan fingerprint density at radius 3 is 1.69 bits per heavy atom. The summed E-state index contributed by atoms with van der Waals surface area (Å²) in [5, 5.41) is 21.6. The first-order valence-electron chi connectivity index (χ1n) is 17.7. The van der Waals surface area contributed by atoms with Gasteiger partial charge in [-0.2, -0.15) is 0 Å². The normalized spacial score (nSPS) is 13.3. The maximum atomic E-state index is 13.6. The Labute approximate surface area is 292 Å². The van der Waals surface area contributed by atoms with Crippen molar-refractivity contribution in [2.45, 2.75) is 129 Å². The lowest BCUT2D eigenvalue weighted by Gasteiger charge is -2.26. The quantitative estimate of drug-likeness (QED) is 0.102. The van der Waals surface area contributed by atoms with Crippen LogP contribution in [0.3, 0.4) is 0 Å². The largest absolute Gasteiger partial charge is 0.480 e. The Hall–Kier alpha value is -4.05. The first-order valence-corrected chi connectivity index (χ1v) is 17.7. The van der Waals surface area contributed by atoms with E-state index in [0.717, 1.165) is 36.8 Å². The predicted octanol–water partition coefficient (Wildman–Crippen LogP) is 5.13. The van der Waals surface area contributed by atoms with Crippen LogP contribution in [0.25, 0.3) is 0 Å². The van der Waals surface area contributed by atoms with E-state index in [4.69, 9.17) is 0 Å². The first kappa shape index (κ1) is 41.1. The van der Waals surface area contributed by atoms with Crippen molar-refractivity contribution in [3.63, 3.8) is 0 Å². The van der Waals surface area contributed by atoms with Crippen LogP contribution in [0.15, 0.2) is 60.7 Å². The van der Waals surface area contributed by atoms with Crippen molar-refractivity contribution < 1.29 is 29.1 Å². The molecule has 0 spiro atoms. The van der Waals surface area contributed by atoms with E-state index < -0.39 is 30.0 Å². The molecule has 0 aliphatic heterocycles. The van der Waals surface area contributed by atoms with E-state index in [1.54, 1.807) is 0 Å². The van der Waals surface area contributed by atoms with Crippen LogP contribution in [0.5, 0.6) is 0 Å². The molecule has 2 rings (SSSR count). The minimum atomic E-state index is -1.16. The van der Waals surface area contributed by atoms with E-state index in [1.807, 2.05) is 95.3 Å². The van der Waals surface area contributed by atoms with Gasteiger partial charge in [0, 0.05) is 37.3 Å². The van der Waals surface area contributed by atoms with Crippen molar-refractivity contribution >= 4 is 29.5 Å². The molecule has 0 aromatic heterocycles. The van der Waals surface area contributed by atoms with E-state index in [2.05, 4.69) is 21.3 Å². The van der Waals surface area contributed by atoms with Gasteiger partial charge in [-0.15, -0.1) is 0 Å². The van der Waals surface area contributed by atoms with Crippen LogP contribution < -0.4 is 21.3 Å². The summed E-state index contributed by atoms with van der Waals surface area (Å²) < 4.78 is 0. The minimum Gasteiger partial charge on any atom is -0.480 e. The van der Waals surface area contributed by atoms with Crippen molar-refractivity contribution in [3.05, 3.63) is 71.8 Å². The molecule has 0 aliphatic rings. The highest BCUT2D eigenvalue weighted by Crippen LogP contribution is 2.19. The van der Waals surface area contributed by atoms with Crippen LogP contribution in [0.2, 0.25) is 0 Å². The summed E-state index contributed by atoms with van der Waals surface area (Å²) in [6, 6.07) is 16.2. The number of hydrogen-bond donors (Lipinski definition) is 5. The molecule has 3 amide bonds. The van der Waals surface area contributed by atoms with E-state index in [9.17, 15) is 29.1 Å². The molecule has 10 nitrogen and oxygen atoms in total. The van der Waals surface area contributed by atoms with Crippen LogP contribution in [-0.2, 0) is 36.8 Å². The number of unbranched alkanes of at least 4 members (excludes halogenated alkanes) is 4. The van der Waals surface area contributed by atoms with Gasteiger partial charge in [0.2, 0.25) is 17.7 Å². The number of rotatable bonds is 23. The maximum absolute atomic E-state index is 13.6.